The second kappa shape index (κ2) is 5.82. The van der Waals surface area contributed by atoms with Crippen LogP contribution in [0.4, 0.5) is 0 Å². The van der Waals surface area contributed by atoms with E-state index in [2.05, 4.69) is 6.58 Å². The highest BCUT2D eigenvalue weighted by molar-refractivity contribution is 7.08. The number of rotatable bonds is 2. The van der Waals surface area contributed by atoms with E-state index in [1.807, 2.05) is 21.7 Å². The minimum absolute atomic E-state index is 0.0557. The summed E-state index contributed by atoms with van der Waals surface area (Å²) in [5.74, 6) is 0.00369. The molecule has 0 saturated carbocycles. The zero-order valence-electron chi connectivity index (χ0n) is 10.2. The molecule has 1 aliphatic heterocycles. The van der Waals surface area contributed by atoms with Crippen molar-refractivity contribution in [3.05, 3.63) is 35.0 Å². The van der Waals surface area contributed by atoms with Gasteiger partial charge in [-0.05, 0) is 23.9 Å². The van der Waals surface area contributed by atoms with E-state index < -0.39 is 0 Å². The summed E-state index contributed by atoms with van der Waals surface area (Å²) in [5, 5.41) is 3.76. The number of hydrogen-bond acceptors (Lipinski definition) is 3. The normalized spacial score (nSPS) is 16.2. The summed E-state index contributed by atoms with van der Waals surface area (Å²) in [7, 11) is 0. The van der Waals surface area contributed by atoms with Crippen LogP contribution in [0.5, 0.6) is 0 Å². The lowest BCUT2D eigenvalue weighted by Gasteiger charge is -2.21. The van der Waals surface area contributed by atoms with Gasteiger partial charge in [0.15, 0.2) is 0 Å². The molecule has 0 spiro atoms. The Hall–Kier alpha value is -1.62. The molecule has 4 nitrogen and oxygen atoms in total. The van der Waals surface area contributed by atoms with Crippen LogP contribution >= 0.6 is 11.3 Å². The van der Waals surface area contributed by atoms with Gasteiger partial charge in [0.2, 0.25) is 5.91 Å². The largest absolute Gasteiger partial charge is 0.337 e. The molecule has 1 aromatic rings. The Bertz CT molecular complexity index is 442. The molecule has 1 saturated heterocycles. The van der Waals surface area contributed by atoms with Crippen molar-refractivity contribution in [3.8, 4) is 0 Å². The zero-order chi connectivity index (χ0) is 13.0. The molecule has 0 aliphatic carbocycles. The maximum Gasteiger partial charge on any atom is 0.254 e. The summed E-state index contributed by atoms with van der Waals surface area (Å²) < 4.78 is 0. The Balaban J connectivity index is 1.99. The molecule has 0 aromatic carbocycles. The number of carbonyl (C=O) groups is 2. The smallest absolute Gasteiger partial charge is 0.254 e. The Morgan fingerprint density at radius 3 is 2.61 bits per heavy atom. The predicted molar refractivity (Wildman–Crippen MR) is 71.6 cm³/mol. The summed E-state index contributed by atoms with van der Waals surface area (Å²) in [6.45, 7) is 6.06. The van der Waals surface area contributed by atoms with Crippen molar-refractivity contribution in [1.82, 2.24) is 9.80 Å². The van der Waals surface area contributed by atoms with Crippen LogP contribution in [0.3, 0.4) is 0 Å². The van der Waals surface area contributed by atoms with Crippen LogP contribution in [-0.4, -0.2) is 47.8 Å². The van der Waals surface area contributed by atoms with Gasteiger partial charge in [-0.2, -0.15) is 11.3 Å². The third-order valence-electron chi connectivity index (χ3n) is 3.04. The molecule has 1 aliphatic rings. The van der Waals surface area contributed by atoms with E-state index in [0.717, 1.165) is 12.0 Å². The molecule has 0 radical (unpaired) electrons. The second-order valence-electron chi connectivity index (χ2n) is 4.19. The standard InChI is InChI=1S/C13H16N2O2S/c1-2-12(16)14-5-3-6-15(8-7-14)13(17)11-4-9-18-10-11/h2,4,9-10H,1,3,5-8H2. The van der Waals surface area contributed by atoms with Crippen LogP contribution in [-0.2, 0) is 4.79 Å². The Morgan fingerprint density at radius 1 is 1.22 bits per heavy atom. The van der Waals surface area contributed by atoms with Gasteiger partial charge in [-0.1, -0.05) is 6.58 Å². The van der Waals surface area contributed by atoms with E-state index in [-0.39, 0.29) is 11.8 Å². The molecule has 0 unspecified atom stereocenters. The molecule has 0 atom stereocenters. The fourth-order valence-electron chi connectivity index (χ4n) is 2.04. The second-order valence-corrected chi connectivity index (χ2v) is 4.97. The number of thiophene rings is 1. The topological polar surface area (TPSA) is 40.6 Å². The molecule has 0 bridgehead atoms. The fraction of sp³-hybridized carbons (Fsp3) is 0.385. The molecule has 2 amide bonds. The fourth-order valence-corrected chi connectivity index (χ4v) is 2.67. The number of carbonyl (C=O) groups excluding carboxylic acids is 2. The van der Waals surface area contributed by atoms with Crippen molar-refractivity contribution in [1.29, 1.82) is 0 Å². The van der Waals surface area contributed by atoms with Crippen LogP contribution in [0.2, 0.25) is 0 Å². The van der Waals surface area contributed by atoms with E-state index in [1.165, 1.54) is 17.4 Å². The molecule has 18 heavy (non-hydrogen) atoms. The van der Waals surface area contributed by atoms with Gasteiger partial charge in [0.1, 0.15) is 0 Å². The molecular formula is C13H16N2O2S. The number of amides is 2. The van der Waals surface area contributed by atoms with Crippen LogP contribution in [0, 0.1) is 0 Å². The molecule has 1 fully saturated rings. The van der Waals surface area contributed by atoms with Crippen LogP contribution < -0.4 is 0 Å². The highest BCUT2D eigenvalue weighted by Gasteiger charge is 2.21. The van der Waals surface area contributed by atoms with Crippen LogP contribution in [0.1, 0.15) is 16.8 Å². The van der Waals surface area contributed by atoms with Gasteiger partial charge in [-0.15, -0.1) is 0 Å². The lowest BCUT2D eigenvalue weighted by atomic mass is 10.3. The summed E-state index contributed by atoms with van der Waals surface area (Å²) in [5.41, 5.74) is 0.739. The summed E-state index contributed by atoms with van der Waals surface area (Å²) >= 11 is 1.52. The highest BCUT2D eigenvalue weighted by atomic mass is 32.1. The van der Waals surface area contributed by atoms with Crippen molar-refractivity contribution in [2.24, 2.45) is 0 Å². The first-order chi connectivity index (χ1) is 8.72. The SMILES string of the molecule is C=CC(=O)N1CCCN(C(=O)c2ccsc2)CC1. The maximum atomic E-state index is 12.2. The lowest BCUT2D eigenvalue weighted by Crippen LogP contribution is -2.36. The predicted octanol–water partition coefficient (Wildman–Crippen LogP) is 1.61. The Kier molecular flexibility index (Phi) is 4.15. The zero-order valence-corrected chi connectivity index (χ0v) is 11.0. The van der Waals surface area contributed by atoms with Crippen molar-refractivity contribution < 1.29 is 9.59 Å². The molecule has 1 aromatic heterocycles. The van der Waals surface area contributed by atoms with Gasteiger partial charge in [0.05, 0.1) is 5.56 Å². The summed E-state index contributed by atoms with van der Waals surface area (Å²) in [4.78, 5) is 27.3. The van der Waals surface area contributed by atoms with Crippen molar-refractivity contribution >= 4 is 23.2 Å². The van der Waals surface area contributed by atoms with E-state index in [1.54, 1.807) is 4.90 Å². The quantitative estimate of drug-likeness (QED) is 0.761. The van der Waals surface area contributed by atoms with Gasteiger partial charge < -0.3 is 9.80 Å². The average Bonchev–Trinajstić information content (AvgIpc) is 2.81. The van der Waals surface area contributed by atoms with Crippen molar-refractivity contribution in [3.63, 3.8) is 0 Å². The van der Waals surface area contributed by atoms with Gasteiger partial charge >= 0.3 is 0 Å². The van der Waals surface area contributed by atoms with Crippen LogP contribution in [0.15, 0.2) is 29.5 Å². The maximum absolute atomic E-state index is 12.2. The van der Waals surface area contributed by atoms with Gasteiger partial charge in [-0.3, -0.25) is 9.59 Å². The number of hydrogen-bond donors (Lipinski definition) is 0. The molecular weight excluding hydrogens is 248 g/mol. The van der Waals surface area contributed by atoms with Crippen molar-refractivity contribution in [2.45, 2.75) is 6.42 Å². The molecule has 2 heterocycles. The van der Waals surface area contributed by atoms with Gasteiger partial charge in [-0.25, -0.2) is 0 Å². The first kappa shape index (κ1) is 12.8. The summed E-state index contributed by atoms with van der Waals surface area (Å²) in [6.07, 6.45) is 2.14. The third-order valence-corrected chi connectivity index (χ3v) is 3.72. The van der Waals surface area contributed by atoms with E-state index >= 15 is 0 Å². The average molecular weight is 264 g/mol. The third kappa shape index (κ3) is 2.79. The van der Waals surface area contributed by atoms with E-state index in [9.17, 15) is 9.59 Å². The monoisotopic (exact) mass is 264 g/mol. The molecule has 2 rings (SSSR count). The molecule has 5 heteroatoms. The summed E-state index contributed by atoms with van der Waals surface area (Å²) in [6, 6.07) is 1.84. The van der Waals surface area contributed by atoms with Crippen molar-refractivity contribution in [2.75, 3.05) is 26.2 Å². The number of nitrogens with zero attached hydrogens (tertiary/aromatic N) is 2. The molecule has 96 valence electrons. The first-order valence-corrected chi connectivity index (χ1v) is 6.89. The minimum Gasteiger partial charge on any atom is -0.337 e. The van der Waals surface area contributed by atoms with E-state index in [0.29, 0.717) is 26.2 Å². The molecule has 0 N–H and O–H groups in total. The highest BCUT2D eigenvalue weighted by Crippen LogP contribution is 2.12. The minimum atomic E-state index is -0.0557. The van der Waals surface area contributed by atoms with Gasteiger partial charge in [0, 0.05) is 31.6 Å². The van der Waals surface area contributed by atoms with E-state index in [4.69, 9.17) is 0 Å². The Labute approximate surface area is 111 Å². The first-order valence-electron chi connectivity index (χ1n) is 5.95. The van der Waals surface area contributed by atoms with Crippen LogP contribution in [0.25, 0.3) is 0 Å². The lowest BCUT2D eigenvalue weighted by molar-refractivity contribution is -0.125. The Morgan fingerprint density at radius 2 is 1.94 bits per heavy atom. The van der Waals surface area contributed by atoms with Gasteiger partial charge in [0.25, 0.3) is 5.91 Å².